The molecular weight excluding hydrogens is 284 g/mol. The third-order valence-corrected chi connectivity index (χ3v) is 4.91. The van der Waals surface area contributed by atoms with E-state index >= 15 is 0 Å². The Morgan fingerprint density at radius 3 is 2.39 bits per heavy atom. The third-order valence-electron chi connectivity index (χ3n) is 4.91. The molecule has 3 atom stereocenters. The molecule has 0 bridgehead atoms. The number of piperidine rings is 1. The molecule has 3 heteroatoms. The number of carbonyl (C=O) groups excluding carboxylic acids is 1. The number of amides is 1. The molecule has 1 aliphatic carbocycles. The molecule has 1 aliphatic heterocycles. The lowest BCUT2D eigenvalue weighted by Crippen LogP contribution is -2.46. The van der Waals surface area contributed by atoms with Gasteiger partial charge in [-0.05, 0) is 65.1 Å². The molecule has 0 aromatic rings. The van der Waals surface area contributed by atoms with E-state index in [4.69, 9.17) is 0 Å². The quantitative estimate of drug-likeness (QED) is 0.738. The molecule has 0 spiro atoms. The highest BCUT2D eigenvalue weighted by Crippen LogP contribution is 2.48. The van der Waals surface area contributed by atoms with Crippen molar-refractivity contribution < 1.29 is 4.79 Å². The van der Waals surface area contributed by atoms with Crippen LogP contribution in [0.5, 0.6) is 0 Å². The van der Waals surface area contributed by atoms with Crippen molar-refractivity contribution in [3.8, 4) is 0 Å². The summed E-state index contributed by atoms with van der Waals surface area (Å²) in [7, 11) is 0. The maximum Gasteiger partial charge on any atom is 0.224 e. The van der Waals surface area contributed by atoms with E-state index in [1.54, 1.807) is 0 Å². The minimum Gasteiger partial charge on any atom is -0.347 e. The Bertz CT molecular complexity index is 556. The third kappa shape index (κ3) is 4.23. The lowest BCUT2D eigenvalue weighted by Gasteiger charge is -2.29. The lowest BCUT2D eigenvalue weighted by molar-refractivity contribution is -0.124. The topological polar surface area (TPSA) is 41.1 Å². The number of hydrogen-bond donors (Lipinski definition) is 2. The Labute approximate surface area is 140 Å². The zero-order valence-electron chi connectivity index (χ0n) is 15.0. The summed E-state index contributed by atoms with van der Waals surface area (Å²) in [5.41, 5.74) is 1.95. The average Bonchev–Trinajstić information content (AvgIpc) is 2.98. The zero-order valence-corrected chi connectivity index (χ0v) is 15.0. The van der Waals surface area contributed by atoms with Crippen molar-refractivity contribution in [2.24, 2.45) is 17.8 Å². The Morgan fingerprint density at radius 2 is 1.83 bits per heavy atom. The first-order chi connectivity index (χ1) is 10.9. The van der Waals surface area contributed by atoms with E-state index in [1.807, 2.05) is 32.1 Å². The molecule has 0 aromatic carbocycles. The molecule has 1 heterocycles. The number of carbonyl (C=O) groups is 1. The number of fused-ring (bicyclic) bond motifs is 1. The molecule has 2 aliphatic rings. The van der Waals surface area contributed by atoms with Crippen LogP contribution in [0.25, 0.3) is 0 Å². The fourth-order valence-corrected chi connectivity index (χ4v) is 3.51. The highest BCUT2D eigenvalue weighted by atomic mass is 16.2. The van der Waals surface area contributed by atoms with Crippen molar-refractivity contribution in [1.82, 2.24) is 10.6 Å². The van der Waals surface area contributed by atoms with E-state index in [-0.39, 0.29) is 17.4 Å². The molecule has 0 aromatic heterocycles. The number of rotatable bonds is 6. The normalized spacial score (nSPS) is 28.5. The molecule has 2 rings (SSSR count). The summed E-state index contributed by atoms with van der Waals surface area (Å²) in [6.07, 6.45) is 12.4. The van der Waals surface area contributed by atoms with Gasteiger partial charge in [-0.25, -0.2) is 0 Å². The Hall–Kier alpha value is -1.61. The van der Waals surface area contributed by atoms with Gasteiger partial charge in [0, 0.05) is 5.92 Å². The molecular formula is C20H30N2O. The fourth-order valence-electron chi connectivity index (χ4n) is 3.51. The zero-order chi connectivity index (χ0) is 17.0. The van der Waals surface area contributed by atoms with Crippen molar-refractivity contribution in [3.63, 3.8) is 0 Å². The van der Waals surface area contributed by atoms with Crippen LogP contribution in [0.1, 0.15) is 34.6 Å². The van der Waals surface area contributed by atoms with Gasteiger partial charge in [0.25, 0.3) is 0 Å². The summed E-state index contributed by atoms with van der Waals surface area (Å²) in [5.74, 6) is 1.54. The predicted molar refractivity (Wildman–Crippen MR) is 97.0 cm³/mol. The molecule has 1 saturated carbocycles. The van der Waals surface area contributed by atoms with E-state index in [2.05, 4.69) is 49.6 Å². The average molecular weight is 314 g/mol. The Morgan fingerprint density at radius 1 is 1.17 bits per heavy atom. The Balaban J connectivity index is 2.01. The van der Waals surface area contributed by atoms with Crippen molar-refractivity contribution in [1.29, 1.82) is 0 Å². The van der Waals surface area contributed by atoms with Gasteiger partial charge in [0.05, 0.1) is 5.54 Å². The van der Waals surface area contributed by atoms with E-state index in [0.717, 1.165) is 18.7 Å². The van der Waals surface area contributed by atoms with Gasteiger partial charge in [0.1, 0.15) is 0 Å². The number of allylic oxidation sites excluding steroid dienone is 6. The van der Waals surface area contributed by atoms with Gasteiger partial charge >= 0.3 is 0 Å². The molecule has 2 N–H and O–H groups in total. The van der Waals surface area contributed by atoms with E-state index in [9.17, 15) is 4.79 Å². The van der Waals surface area contributed by atoms with Gasteiger partial charge in [0.2, 0.25) is 5.91 Å². The van der Waals surface area contributed by atoms with E-state index in [1.165, 1.54) is 5.57 Å². The van der Waals surface area contributed by atoms with Crippen LogP contribution in [0, 0.1) is 17.8 Å². The van der Waals surface area contributed by atoms with Crippen LogP contribution in [-0.2, 0) is 4.79 Å². The van der Waals surface area contributed by atoms with Crippen molar-refractivity contribution >= 4 is 5.91 Å². The highest BCUT2D eigenvalue weighted by Gasteiger charge is 2.57. The minimum atomic E-state index is -0.355. The minimum absolute atomic E-state index is 0.210. The Kier molecular flexibility index (Phi) is 5.64. The van der Waals surface area contributed by atoms with Gasteiger partial charge in [-0.2, -0.15) is 0 Å². The van der Waals surface area contributed by atoms with Gasteiger partial charge in [0.15, 0.2) is 0 Å². The van der Waals surface area contributed by atoms with E-state index in [0.29, 0.717) is 11.8 Å². The molecule has 1 unspecified atom stereocenters. The summed E-state index contributed by atoms with van der Waals surface area (Å²) >= 11 is 0. The van der Waals surface area contributed by atoms with Crippen LogP contribution in [0.2, 0.25) is 0 Å². The summed E-state index contributed by atoms with van der Waals surface area (Å²) in [6.45, 7) is 12.3. The van der Waals surface area contributed by atoms with Crippen molar-refractivity contribution in [2.75, 3.05) is 13.1 Å². The van der Waals surface area contributed by atoms with Crippen LogP contribution < -0.4 is 10.6 Å². The second kappa shape index (κ2) is 7.31. The second-order valence-electron chi connectivity index (χ2n) is 7.14. The molecule has 3 nitrogen and oxygen atoms in total. The van der Waals surface area contributed by atoms with Crippen LogP contribution >= 0.6 is 0 Å². The summed E-state index contributed by atoms with van der Waals surface area (Å²) in [6, 6.07) is 0. The summed E-state index contributed by atoms with van der Waals surface area (Å²) in [4.78, 5) is 12.5. The van der Waals surface area contributed by atoms with E-state index < -0.39 is 0 Å². The SMILES string of the molecule is C\C=C/C=C\C(C)=C\C(=C/C)C(C)(C)NC(=O)C1[C@H]2CNC[C@@H]12. The van der Waals surface area contributed by atoms with Crippen LogP contribution in [0.3, 0.4) is 0 Å². The predicted octanol–water partition coefficient (Wildman–Crippen LogP) is 3.37. The van der Waals surface area contributed by atoms with Gasteiger partial charge in [-0.1, -0.05) is 42.0 Å². The highest BCUT2D eigenvalue weighted by molar-refractivity contribution is 5.83. The van der Waals surface area contributed by atoms with Crippen molar-refractivity contribution in [3.05, 3.63) is 47.6 Å². The summed E-state index contributed by atoms with van der Waals surface area (Å²) < 4.78 is 0. The van der Waals surface area contributed by atoms with Crippen LogP contribution in [0.4, 0.5) is 0 Å². The summed E-state index contributed by atoms with van der Waals surface area (Å²) in [5, 5.41) is 6.59. The van der Waals surface area contributed by atoms with Crippen LogP contribution in [-0.4, -0.2) is 24.5 Å². The monoisotopic (exact) mass is 314 g/mol. The first-order valence-corrected chi connectivity index (χ1v) is 8.58. The largest absolute Gasteiger partial charge is 0.347 e. The first kappa shape index (κ1) is 17.7. The molecule has 126 valence electrons. The maximum absolute atomic E-state index is 12.5. The van der Waals surface area contributed by atoms with Crippen LogP contribution in [0.15, 0.2) is 47.6 Å². The number of nitrogens with one attached hydrogen (secondary N) is 2. The van der Waals surface area contributed by atoms with Gasteiger partial charge in [-0.15, -0.1) is 0 Å². The first-order valence-electron chi connectivity index (χ1n) is 8.58. The molecule has 1 amide bonds. The molecule has 0 radical (unpaired) electrons. The smallest absolute Gasteiger partial charge is 0.224 e. The van der Waals surface area contributed by atoms with Gasteiger partial charge in [-0.3, -0.25) is 4.79 Å². The van der Waals surface area contributed by atoms with Crippen molar-refractivity contribution in [2.45, 2.75) is 40.2 Å². The standard InChI is InChI=1S/C20H30N2O/c1-6-8-9-10-14(3)11-15(7-2)20(4,5)22-19(23)18-16-12-21-13-17(16)18/h6-11,16-18,21H,12-13H2,1-5H3,(H,22,23)/b8-6-,10-9-,14-11+,15-7+/t16-,17+,18?. The lowest BCUT2D eigenvalue weighted by atomic mass is 9.91. The fraction of sp³-hybridized carbons (Fsp3) is 0.550. The maximum atomic E-state index is 12.5. The molecule has 1 saturated heterocycles. The molecule has 2 fully saturated rings. The second-order valence-corrected chi connectivity index (χ2v) is 7.14. The molecule has 23 heavy (non-hydrogen) atoms. The van der Waals surface area contributed by atoms with Gasteiger partial charge < -0.3 is 10.6 Å². The number of hydrogen-bond acceptors (Lipinski definition) is 2.